The van der Waals surface area contributed by atoms with E-state index in [2.05, 4.69) is 11.4 Å². The van der Waals surface area contributed by atoms with Crippen molar-refractivity contribution in [3.8, 4) is 5.75 Å². The van der Waals surface area contributed by atoms with Gasteiger partial charge in [0.1, 0.15) is 0 Å². The summed E-state index contributed by atoms with van der Waals surface area (Å²) in [6.45, 7) is 3.14. The Bertz CT molecular complexity index is 456. The van der Waals surface area contributed by atoms with Crippen LogP contribution in [0.5, 0.6) is 5.75 Å². The quantitative estimate of drug-likeness (QED) is 0.266. The molecule has 140 valence electrons. The molecule has 0 radical (unpaired) electrons. The number of hydrogen-bond donors (Lipinski definition) is 4. The van der Waals surface area contributed by atoms with Crippen molar-refractivity contribution in [3.63, 3.8) is 0 Å². The monoisotopic (exact) mass is 360 g/mol. The number of nitrogen functional groups attached to an aromatic ring is 1. The first-order valence-corrected chi connectivity index (χ1v) is 10.2. The van der Waals surface area contributed by atoms with Crippen molar-refractivity contribution in [1.82, 2.24) is 0 Å². The van der Waals surface area contributed by atoms with Crippen molar-refractivity contribution in [2.24, 2.45) is 5.73 Å². The number of unbranched alkanes of at least 4 members (excludes halogenated alkanes) is 8. The van der Waals surface area contributed by atoms with E-state index in [4.69, 9.17) is 21.3 Å². The van der Waals surface area contributed by atoms with Crippen LogP contribution in [0.15, 0.2) is 24.3 Å². The van der Waals surface area contributed by atoms with Gasteiger partial charge in [0.05, 0.1) is 5.69 Å². The fourth-order valence-corrected chi connectivity index (χ4v) is 2.57. The Balaban J connectivity index is 0.000000441. The van der Waals surface area contributed by atoms with Gasteiger partial charge in [-0.2, -0.15) is 0 Å². The highest BCUT2D eigenvalue weighted by molar-refractivity contribution is 7.46. The number of hydrogen-bond acceptors (Lipinski definition) is 4. The van der Waals surface area contributed by atoms with E-state index >= 15 is 0 Å². The molecule has 1 aromatic rings. The molecule has 0 atom stereocenters. The van der Waals surface area contributed by atoms with Gasteiger partial charge in [-0.1, -0.05) is 70.4 Å². The highest BCUT2D eigenvalue weighted by atomic mass is 31.2. The second-order valence-electron chi connectivity index (χ2n) is 5.74. The number of nitrogens with two attached hydrogens (primary N) is 2. The molecule has 0 heterocycles. The minimum Gasteiger partial charge on any atom is -0.402 e. The van der Waals surface area contributed by atoms with Crippen LogP contribution in [0.2, 0.25) is 0 Å². The number of phosphoric acid groups is 1. The van der Waals surface area contributed by atoms with Crippen LogP contribution < -0.4 is 16.0 Å². The number of rotatable bonds is 11. The first-order chi connectivity index (χ1) is 11.4. The molecule has 6 N–H and O–H groups in total. The molecular formula is C17H33N2O4P. The molecule has 0 spiro atoms. The molecule has 0 aliphatic rings. The van der Waals surface area contributed by atoms with Crippen LogP contribution in [0, 0.1) is 0 Å². The van der Waals surface area contributed by atoms with E-state index in [9.17, 15) is 4.57 Å². The van der Waals surface area contributed by atoms with Crippen molar-refractivity contribution in [2.45, 2.75) is 64.7 Å². The lowest BCUT2D eigenvalue weighted by molar-refractivity contribution is 0.283. The van der Waals surface area contributed by atoms with Crippen molar-refractivity contribution in [1.29, 1.82) is 0 Å². The van der Waals surface area contributed by atoms with Crippen LogP contribution in [0.25, 0.3) is 0 Å². The van der Waals surface area contributed by atoms with Crippen LogP contribution in [0.3, 0.4) is 0 Å². The van der Waals surface area contributed by atoms with E-state index in [1.54, 1.807) is 12.1 Å². The lowest BCUT2D eigenvalue weighted by Crippen LogP contribution is -1.97. The van der Waals surface area contributed by atoms with Gasteiger partial charge < -0.3 is 16.0 Å². The van der Waals surface area contributed by atoms with Gasteiger partial charge in [-0.15, -0.1) is 0 Å². The smallest absolute Gasteiger partial charge is 0.402 e. The van der Waals surface area contributed by atoms with Gasteiger partial charge in [-0.05, 0) is 25.1 Å². The van der Waals surface area contributed by atoms with Gasteiger partial charge in [-0.3, -0.25) is 9.79 Å². The zero-order chi connectivity index (χ0) is 18.3. The Kier molecular flexibility index (Phi) is 13.7. The van der Waals surface area contributed by atoms with Gasteiger partial charge in [0.2, 0.25) is 0 Å². The summed E-state index contributed by atoms with van der Waals surface area (Å²) in [5, 5.41) is 0. The number of anilines is 1. The molecule has 0 aliphatic heterocycles. The predicted octanol–water partition coefficient (Wildman–Crippen LogP) is 4.22. The van der Waals surface area contributed by atoms with Crippen LogP contribution in [0.4, 0.5) is 5.69 Å². The largest absolute Gasteiger partial charge is 0.524 e. The standard InChI is InChI=1S/C11H25N.C6H8NO4P/c1-2-3-4-5-6-7-8-9-10-11-12;7-5-3-1-2-4-6(5)11-12(8,9)10/h2-12H2,1H3;1-4H,7H2,(H2,8,9,10). The normalized spacial score (nSPS) is 10.8. The third-order valence-electron chi connectivity index (χ3n) is 3.44. The van der Waals surface area contributed by atoms with E-state index in [1.807, 2.05) is 0 Å². The molecule has 0 aromatic heterocycles. The number of para-hydroxylation sites is 2. The van der Waals surface area contributed by atoms with Crippen LogP contribution in [-0.2, 0) is 4.57 Å². The van der Waals surface area contributed by atoms with Crippen LogP contribution in [0.1, 0.15) is 64.7 Å². The van der Waals surface area contributed by atoms with Crippen LogP contribution in [-0.4, -0.2) is 16.3 Å². The topological polar surface area (TPSA) is 119 Å². The van der Waals surface area contributed by atoms with E-state index in [-0.39, 0.29) is 11.4 Å². The van der Waals surface area contributed by atoms with E-state index in [1.165, 1.54) is 69.9 Å². The Hall–Kier alpha value is -1.07. The summed E-state index contributed by atoms with van der Waals surface area (Å²) in [5.41, 5.74) is 11.0. The van der Waals surface area contributed by atoms with Gasteiger partial charge in [0, 0.05) is 0 Å². The SMILES string of the molecule is CCCCCCCCCCCN.Nc1ccccc1OP(=O)(O)O. The predicted molar refractivity (Wildman–Crippen MR) is 99.8 cm³/mol. The third-order valence-corrected chi connectivity index (χ3v) is 3.88. The maximum Gasteiger partial charge on any atom is 0.524 e. The molecule has 7 heteroatoms. The average Bonchev–Trinajstić information content (AvgIpc) is 2.52. The average molecular weight is 360 g/mol. The Morgan fingerprint density at radius 1 is 0.958 bits per heavy atom. The Morgan fingerprint density at radius 2 is 1.46 bits per heavy atom. The Labute approximate surface area is 145 Å². The maximum absolute atomic E-state index is 10.4. The van der Waals surface area contributed by atoms with Gasteiger partial charge in [-0.25, -0.2) is 4.57 Å². The lowest BCUT2D eigenvalue weighted by atomic mass is 10.1. The van der Waals surface area contributed by atoms with Crippen LogP contribution >= 0.6 is 7.82 Å². The molecule has 0 unspecified atom stereocenters. The van der Waals surface area contributed by atoms with E-state index < -0.39 is 7.82 Å². The van der Waals surface area contributed by atoms with Crippen molar-refractivity contribution < 1.29 is 18.9 Å². The molecule has 0 bridgehead atoms. The summed E-state index contributed by atoms with van der Waals surface area (Å²) in [4.78, 5) is 16.9. The third kappa shape index (κ3) is 14.5. The van der Waals surface area contributed by atoms with E-state index in [0.717, 1.165) is 6.54 Å². The summed E-state index contributed by atoms with van der Waals surface area (Å²) in [6, 6.07) is 6.09. The molecule has 0 saturated heterocycles. The maximum atomic E-state index is 10.4. The molecule has 0 aliphatic carbocycles. The molecule has 0 fully saturated rings. The zero-order valence-corrected chi connectivity index (χ0v) is 15.6. The molecular weight excluding hydrogens is 327 g/mol. The summed E-state index contributed by atoms with van der Waals surface area (Å²) in [5.74, 6) is -0.00849. The summed E-state index contributed by atoms with van der Waals surface area (Å²) in [7, 11) is -4.49. The second kappa shape index (κ2) is 14.3. The Morgan fingerprint density at radius 3 is 1.92 bits per heavy atom. The highest BCUT2D eigenvalue weighted by Gasteiger charge is 2.16. The summed E-state index contributed by atoms with van der Waals surface area (Å²) < 4.78 is 14.6. The molecule has 0 saturated carbocycles. The lowest BCUT2D eigenvalue weighted by Gasteiger charge is -2.07. The molecule has 24 heavy (non-hydrogen) atoms. The van der Waals surface area contributed by atoms with Crippen molar-refractivity contribution >= 4 is 13.5 Å². The molecule has 1 aromatic carbocycles. The second-order valence-corrected chi connectivity index (χ2v) is 6.90. The summed E-state index contributed by atoms with van der Waals surface area (Å²) in [6.07, 6.45) is 12.5. The molecule has 1 rings (SSSR count). The fraction of sp³-hybridized carbons (Fsp3) is 0.647. The summed E-state index contributed by atoms with van der Waals surface area (Å²) >= 11 is 0. The minimum atomic E-state index is -4.49. The van der Waals surface area contributed by atoms with Gasteiger partial charge >= 0.3 is 7.82 Å². The number of phosphoric ester groups is 1. The molecule has 0 amide bonds. The number of benzene rings is 1. The van der Waals surface area contributed by atoms with Gasteiger partial charge in [0.15, 0.2) is 5.75 Å². The first-order valence-electron chi connectivity index (χ1n) is 8.70. The molecule has 6 nitrogen and oxygen atoms in total. The van der Waals surface area contributed by atoms with Crippen molar-refractivity contribution in [2.75, 3.05) is 12.3 Å². The van der Waals surface area contributed by atoms with Gasteiger partial charge in [0.25, 0.3) is 0 Å². The minimum absolute atomic E-state index is 0.00849. The van der Waals surface area contributed by atoms with E-state index in [0.29, 0.717) is 0 Å². The van der Waals surface area contributed by atoms with Crippen molar-refractivity contribution in [3.05, 3.63) is 24.3 Å². The zero-order valence-electron chi connectivity index (χ0n) is 14.7. The first kappa shape index (κ1) is 22.9. The fourth-order valence-electron chi connectivity index (χ4n) is 2.15. The highest BCUT2D eigenvalue weighted by Crippen LogP contribution is 2.39.